The lowest BCUT2D eigenvalue weighted by atomic mass is 9.87. The summed E-state index contributed by atoms with van der Waals surface area (Å²) in [5.74, 6) is -0.161. The Labute approximate surface area is 226 Å². The molecule has 2 unspecified atom stereocenters. The summed E-state index contributed by atoms with van der Waals surface area (Å²) < 4.78 is 10.7. The van der Waals surface area contributed by atoms with Crippen LogP contribution in [0.15, 0.2) is 48.5 Å². The first-order valence-electron chi connectivity index (χ1n) is 13.2. The SMILES string of the molecule is COc1ccc(NC(=O)C(c2cccc(C)c2)N(C(=O)C(NC(=O)OC(C)(C)C)C(C)C)C2CCC2)cc1. The third kappa shape index (κ3) is 7.49. The molecule has 3 amide bonds. The largest absolute Gasteiger partial charge is 0.497 e. The molecule has 0 bridgehead atoms. The first-order chi connectivity index (χ1) is 17.9. The standard InChI is InChI=1S/C30H41N3O5/c1-19(2)25(32-29(36)38-30(4,5)6)28(35)33(23-12-9-13-23)26(21-11-8-10-20(3)18-21)27(34)31-22-14-16-24(37-7)17-15-22/h8,10-11,14-19,23,25-26H,9,12-13H2,1-7H3,(H,31,34)(H,32,36). The average molecular weight is 524 g/mol. The maximum absolute atomic E-state index is 14.2. The molecule has 0 aromatic heterocycles. The van der Waals surface area contributed by atoms with Gasteiger partial charge in [0.2, 0.25) is 5.91 Å². The maximum atomic E-state index is 14.2. The van der Waals surface area contributed by atoms with Gasteiger partial charge in [0.05, 0.1) is 7.11 Å². The molecule has 1 aliphatic rings. The third-order valence-electron chi connectivity index (χ3n) is 6.57. The molecule has 38 heavy (non-hydrogen) atoms. The molecule has 0 spiro atoms. The van der Waals surface area contributed by atoms with E-state index < -0.39 is 23.8 Å². The van der Waals surface area contributed by atoms with Crippen molar-refractivity contribution < 1.29 is 23.9 Å². The summed E-state index contributed by atoms with van der Waals surface area (Å²) >= 11 is 0. The Morgan fingerprint density at radius 1 is 1.03 bits per heavy atom. The number of nitrogens with one attached hydrogen (secondary N) is 2. The molecule has 1 saturated carbocycles. The minimum Gasteiger partial charge on any atom is -0.497 e. The fraction of sp³-hybridized carbons (Fsp3) is 0.500. The van der Waals surface area contributed by atoms with Crippen LogP contribution < -0.4 is 15.4 Å². The first kappa shape index (κ1) is 29.0. The number of benzene rings is 2. The van der Waals surface area contributed by atoms with Gasteiger partial charge in [0.15, 0.2) is 0 Å². The molecule has 2 aromatic rings. The van der Waals surface area contributed by atoms with Crippen LogP contribution in [0.5, 0.6) is 5.75 Å². The maximum Gasteiger partial charge on any atom is 0.408 e. The van der Waals surface area contributed by atoms with E-state index in [9.17, 15) is 14.4 Å². The summed E-state index contributed by atoms with van der Waals surface area (Å²) in [4.78, 5) is 42.5. The van der Waals surface area contributed by atoms with Crippen molar-refractivity contribution in [3.63, 3.8) is 0 Å². The minimum atomic E-state index is -0.878. The van der Waals surface area contributed by atoms with Crippen LogP contribution in [0.3, 0.4) is 0 Å². The second kappa shape index (κ2) is 12.3. The zero-order valence-electron chi connectivity index (χ0n) is 23.5. The van der Waals surface area contributed by atoms with E-state index in [1.165, 1.54) is 0 Å². The van der Waals surface area contributed by atoms with Crippen molar-refractivity contribution >= 4 is 23.6 Å². The summed E-state index contributed by atoms with van der Waals surface area (Å²) in [5.41, 5.74) is 1.60. The number of carbonyl (C=O) groups is 3. The van der Waals surface area contributed by atoms with Gasteiger partial charge in [-0.1, -0.05) is 43.7 Å². The van der Waals surface area contributed by atoms with Crippen LogP contribution in [0.2, 0.25) is 0 Å². The summed E-state index contributed by atoms with van der Waals surface area (Å²) in [5, 5.41) is 5.77. The van der Waals surface area contributed by atoms with Crippen molar-refractivity contribution in [3.8, 4) is 5.75 Å². The molecular weight excluding hydrogens is 482 g/mol. The number of hydrogen-bond donors (Lipinski definition) is 2. The molecule has 0 heterocycles. The lowest BCUT2D eigenvalue weighted by molar-refractivity contribution is -0.146. The lowest BCUT2D eigenvalue weighted by Crippen LogP contribution is -2.58. The predicted molar refractivity (Wildman–Crippen MR) is 148 cm³/mol. The molecule has 0 aliphatic heterocycles. The van der Waals surface area contributed by atoms with Crippen LogP contribution in [-0.4, -0.2) is 47.6 Å². The van der Waals surface area contributed by atoms with Gasteiger partial charge in [-0.25, -0.2) is 4.79 Å². The highest BCUT2D eigenvalue weighted by atomic mass is 16.6. The second-order valence-electron chi connectivity index (χ2n) is 11.2. The predicted octanol–water partition coefficient (Wildman–Crippen LogP) is 5.61. The van der Waals surface area contributed by atoms with Crippen molar-refractivity contribution in [1.82, 2.24) is 10.2 Å². The van der Waals surface area contributed by atoms with Gasteiger partial charge >= 0.3 is 6.09 Å². The Bertz CT molecular complexity index is 1120. The van der Waals surface area contributed by atoms with Gasteiger partial charge in [-0.3, -0.25) is 9.59 Å². The number of rotatable bonds is 9. The van der Waals surface area contributed by atoms with E-state index in [2.05, 4.69) is 10.6 Å². The molecule has 8 nitrogen and oxygen atoms in total. The number of hydrogen-bond acceptors (Lipinski definition) is 5. The molecule has 2 N–H and O–H groups in total. The Kier molecular flexibility index (Phi) is 9.41. The molecule has 2 atom stereocenters. The average Bonchev–Trinajstić information content (AvgIpc) is 2.80. The van der Waals surface area contributed by atoms with E-state index >= 15 is 0 Å². The second-order valence-corrected chi connectivity index (χ2v) is 11.2. The molecule has 3 rings (SSSR count). The number of aryl methyl sites for hydroxylation is 1. The van der Waals surface area contributed by atoms with Gasteiger partial charge in [-0.05, 0) is 82.7 Å². The Morgan fingerprint density at radius 2 is 1.68 bits per heavy atom. The van der Waals surface area contributed by atoms with Crippen LogP contribution >= 0.6 is 0 Å². The number of nitrogens with zero attached hydrogens (tertiary/aromatic N) is 1. The Hall–Kier alpha value is -3.55. The molecule has 2 aromatic carbocycles. The number of alkyl carbamates (subject to hydrolysis) is 1. The van der Waals surface area contributed by atoms with Crippen LogP contribution in [0.4, 0.5) is 10.5 Å². The van der Waals surface area contributed by atoms with Gasteiger partial charge < -0.3 is 25.0 Å². The summed E-state index contributed by atoms with van der Waals surface area (Å²) in [6.07, 6.45) is 1.90. The zero-order chi connectivity index (χ0) is 28.0. The fourth-order valence-corrected chi connectivity index (χ4v) is 4.46. The van der Waals surface area contributed by atoms with E-state index in [1.807, 2.05) is 45.0 Å². The quantitative estimate of drug-likeness (QED) is 0.445. The van der Waals surface area contributed by atoms with Crippen LogP contribution in [0.25, 0.3) is 0 Å². The minimum absolute atomic E-state index is 0.115. The number of methoxy groups -OCH3 is 1. The smallest absolute Gasteiger partial charge is 0.408 e. The van der Waals surface area contributed by atoms with Gasteiger partial charge in [0.1, 0.15) is 23.4 Å². The molecule has 0 radical (unpaired) electrons. The molecular formula is C30H41N3O5. The van der Waals surface area contributed by atoms with Gasteiger partial charge in [0.25, 0.3) is 5.91 Å². The van der Waals surface area contributed by atoms with E-state index in [4.69, 9.17) is 9.47 Å². The van der Waals surface area contributed by atoms with Gasteiger partial charge in [-0.2, -0.15) is 0 Å². The normalized spacial score (nSPS) is 15.2. The molecule has 206 valence electrons. The highest BCUT2D eigenvalue weighted by Crippen LogP contribution is 2.35. The fourth-order valence-electron chi connectivity index (χ4n) is 4.46. The van der Waals surface area contributed by atoms with E-state index in [1.54, 1.807) is 57.0 Å². The van der Waals surface area contributed by atoms with E-state index in [0.29, 0.717) is 11.4 Å². The van der Waals surface area contributed by atoms with E-state index in [-0.39, 0.29) is 23.8 Å². The van der Waals surface area contributed by atoms with Crippen molar-refractivity contribution in [3.05, 3.63) is 59.7 Å². The first-order valence-corrected chi connectivity index (χ1v) is 13.2. The molecule has 8 heteroatoms. The van der Waals surface area contributed by atoms with Crippen LogP contribution in [0.1, 0.15) is 71.0 Å². The molecule has 1 aliphatic carbocycles. The van der Waals surface area contributed by atoms with Gasteiger partial charge in [0, 0.05) is 11.7 Å². The summed E-state index contributed by atoms with van der Waals surface area (Å²) in [6, 6.07) is 12.9. The van der Waals surface area contributed by atoms with E-state index in [0.717, 1.165) is 30.4 Å². The zero-order valence-corrected chi connectivity index (χ0v) is 23.5. The highest BCUT2D eigenvalue weighted by Gasteiger charge is 2.42. The van der Waals surface area contributed by atoms with Crippen molar-refractivity contribution in [2.75, 3.05) is 12.4 Å². The van der Waals surface area contributed by atoms with Crippen LogP contribution in [0, 0.1) is 12.8 Å². The molecule has 0 saturated heterocycles. The third-order valence-corrected chi connectivity index (χ3v) is 6.57. The lowest BCUT2D eigenvalue weighted by Gasteiger charge is -2.44. The van der Waals surface area contributed by atoms with Gasteiger partial charge in [-0.15, -0.1) is 0 Å². The Morgan fingerprint density at radius 3 is 2.18 bits per heavy atom. The number of anilines is 1. The summed E-state index contributed by atoms with van der Waals surface area (Å²) in [7, 11) is 1.58. The van der Waals surface area contributed by atoms with Crippen LogP contribution in [-0.2, 0) is 14.3 Å². The number of amides is 3. The monoisotopic (exact) mass is 523 g/mol. The van der Waals surface area contributed by atoms with Crippen molar-refractivity contribution in [2.24, 2.45) is 5.92 Å². The molecule has 1 fully saturated rings. The number of carbonyl (C=O) groups excluding carboxylic acids is 3. The van der Waals surface area contributed by atoms with Crippen molar-refractivity contribution in [2.45, 2.75) is 84.5 Å². The van der Waals surface area contributed by atoms with Crippen molar-refractivity contribution in [1.29, 1.82) is 0 Å². The number of ether oxygens (including phenoxy) is 2. The Balaban J connectivity index is 1.99. The topological polar surface area (TPSA) is 97.0 Å². The highest BCUT2D eigenvalue weighted by molar-refractivity contribution is 5.99. The summed E-state index contributed by atoms with van der Waals surface area (Å²) in [6.45, 7) is 11.0.